The molecule has 0 saturated carbocycles. The summed E-state index contributed by atoms with van der Waals surface area (Å²) < 4.78 is 0. The molecule has 7 nitrogen and oxygen atoms in total. The predicted molar refractivity (Wildman–Crippen MR) is 111 cm³/mol. The molecule has 0 aliphatic carbocycles. The zero-order valence-corrected chi connectivity index (χ0v) is 17.3. The van der Waals surface area contributed by atoms with E-state index in [-0.39, 0.29) is 11.7 Å². The third-order valence-electron chi connectivity index (χ3n) is 5.43. The topological polar surface area (TPSA) is 100 Å². The van der Waals surface area contributed by atoms with Gasteiger partial charge in [0.25, 0.3) is 0 Å². The predicted octanol–water partition coefficient (Wildman–Crippen LogP) is 2.10. The minimum absolute atomic E-state index is 0.0260. The van der Waals surface area contributed by atoms with Gasteiger partial charge in [-0.1, -0.05) is 43.8 Å². The van der Waals surface area contributed by atoms with Gasteiger partial charge in [0.05, 0.1) is 28.5 Å². The Morgan fingerprint density at radius 1 is 1.21 bits per heavy atom. The molecule has 0 spiro atoms. The molecule has 1 N–H and O–H groups in total. The number of carbonyl (C=O) groups excluding carboxylic acids is 2. The molecule has 3 rings (SSSR count). The highest BCUT2D eigenvalue weighted by Crippen LogP contribution is 2.41. The third-order valence-corrected chi connectivity index (χ3v) is 6.41. The van der Waals surface area contributed by atoms with Gasteiger partial charge in [0.15, 0.2) is 0 Å². The van der Waals surface area contributed by atoms with Gasteiger partial charge in [-0.25, -0.2) is 0 Å². The molecule has 1 aromatic rings. The maximum atomic E-state index is 12.7. The van der Waals surface area contributed by atoms with Crippen LogP contribution in [0.25, 0.3) is 0 Å². The quantitative estimate of drug-likeness (QED) is 0.817. The number of amides is 2. The van der Waals surface area contributed by atoms with Crippen LogP contribution in [0.5, 0.6) is 0 Å². The fourth-order valence-corrected chi connectivity index (χ4v) is 4.69. The van der Waals surface area contributed by atoms with E-state index in [4.69, 9.17) is 0 Å². The molecule has 2 heterocycles. The summed E-state index contributed by atoms with van der Waals surface area (Å²) in [5, 5.41) is 21.9. The van der Waals surface area contributed by atoms with Gasteiger partial charge in [0.2, 0.25) is 11.8 Å². The second kappa shape index (κ2) is 8.59. The maximum Gasteiger partial charge on any atom is 0.243 e. The van der Waals surface area contributed by atoms with E-state index in [0.29, 0.717) is 23.7 Å². The summed E-state index contributed by atoms with van der Waals surface area (Å²) in [7, 11) is 0. The largest absolute Gasteiger partial charge is 0.368 e. The Hall–Kier alpha value is -2.97. The third kappa shape index (κ3) is 4.23. The number of carbonyl (C=O) groups is 2. The number of anilines is 1. The molecule has 0 unspecified atom stereocenters. The van der Waals surface area contributed by atoms with E-state index in [9.17, 15) is 20.1 Å². The van der Waals surface area contributed by atoms with Gasteiger partial charge in [-0.15, -0.1) is 0 Å². The number of nitrogens with one attached hydrogen (secondary N) is 1. The summed E-state index contributed by atoms with van der Waals surface area (Å²) in [5.74, 6) is -1.24. The first-order chi connectivity index (χ1) is 13.9. The van der Waals surface area contributed by atoms with Crippen molar-refractivity contribution in [3.63, 3.8) is 0 Å². The molecule has 1 fully saturated rings. The van der Waals surface area contributed by atoms with Crippen LogP contribution in [0.1, 0.15) is 13.8 Å². The number of para-hydroxylation sites is 1. The molecule has 2 aliphatic rings. The highest BCUT2D eigenvalue weighted by atomic mass is 32.2. The summed E-state index contributed by atoms with van der Waals surface area (Å²) in [6.45, 7) is 6.21. The Labute approximate surface area is 175 Å². The fourth-order valence-electron chi connectivity index (χ4n) is 3.61. The Balaban J connectivity index is 1.61. The second-order valence-electron chi connectivity index (χ2n) is 7.58. The van der Waals surface area contributed by atoms with Crippen molar-refractivity contribution in [3.8, 4) is 12.1 Å². The number of allylic oxidation sites excluding steroid dienone is 1. The lowest BCUT2D eigenvalue weighted by Crippen LogP contribution is -2.49. The van der Waals surface area contributed by atoms with Crippen molar-refractivity contribution in [1.29, 1.82) is 10.5 Å². The molecule has 0 radical (unpaired) electrons. The van der Waals surface area contributed by atoms with E-state index < -0.39 is 17.2 Å². The van der Waals surface area contributed by atoms with Crippen LogP contribution >= 0.6 is 11.8 Å². The van der Waals surface area contributed by atoms with Crippen LogP contribution in [0.3, 0.4) is 0 Å². The molecule has 8 heteroatoms. The number of hydrogen-bond acceptors (Lipinski definition) is 6. The number of thioether (sulfide) groups is 1. The van der Waals surface area contributed by atoms with E-state index >= 15 is 0 Å². The van der Waals surface area contributed by atoms with Crippen LogP contribution in [0.2, 0.25) is 0 Å². The van der Waals surface area contributed by atoms with Gasteiger partial charge in [0, 0.05) is 37.3 Å². The molecule has 0 aromatic heterocycles. The first kappa shape index (κ1) is 20.8. The van der Waals surface area contributed by atoms with Crippen molar-refractivity contribution < 1.29 is 9.59 Å². The standard InChI is InChI=1S/C21H23N5O2S/c1-21(2)16(12-22)19(28)24-20(17(21)13-23)29-14-18(27)26-10-8-25(9-11-26)15-6-4-3-5-7-15/h3-7,16H,8-11,14H2,1-2H3,(H,24,28)/t16-/m0/s1. The van der Waals surface area contributed by atoms with E-state index in [1.54, 1.807) is 13.8 Å². The first-order valence-electron chi connectivity index (χ1n) is 9.44. The Bertz CT molecular complexity index is 905. The Morgan fingerprint density at radius 2 is 1.86 bits per heavy atom. The van der Waals surface area contributed by atoms with Gasteiger partial charge >= 0.3 is 0 Å². The van der Waals surface area contributed by atoms with Crippen molar-refractivity contribution >= 4 is 29.3 Å². The summed E-state index contributed by atoms with van der Waals surface area (Å²) in [4.78, 5) is 29.0. The molecule has 2 aliphatic heterocycles. The molecule has 150 valence electrons. The minimum atomic E-state index is -0.928. The van der Waals surface area contributed by atoms with E-state index in [0.717, 1.165) is 30.5 Å². The molecule has 1 atom stereocenters. The summed E-state index contributed by atoms with van der Waals surface area (Å²) in [6, 6.07) is 14.2. The average molecular weight is 410 g/mol. The molecule has 1 saturated heterocycles. The normalized spacial score (nSPS) is 21.2. The zero-order valence-electron chi connectivity index (χ0n) is 16.5. The molecular formula is C21H23N5O2S. The van der Waals surface area contributed by atoms with Crippen LogP contribution in [-0.4, -0.2) is 48.6 Å². The lowest BCUT2D eigenvalue weighted by atomic mass is 9.72. The molecule has 1 aromatic carbocycles. The van der Waals surface area contributed by atoms with Crippen LogP contribution in [0, 0.1) is 34.0 Å². The number of hydrogen-bond donors (Lipinski definition) is 1. The number of nitriles is 2. The van der Waals surface area contributed by atoms with Gasteiger partial charge in [-0.3, -0.25) is 9.59 Å². The second-order valence-corrected chi connectivity index (χ2v) is 8.57. The monoisotopic (exact) mass is 409 g/mol. The first-order valence-corrected chi connectivity index (χ1v) is 10.4. The SMILES string of the molecule is CC1(C)C(C#N)=C(SCC(=O)N2CCN(c3ccccc3)CC2)NC(=O)[C@@H]1C#N. The summed E-state index contributed by atoms with van der Waals surface area (Å²) in [5.41, 5.74) is 0.603. The van der Waals surface area contributed by atoms with Crippen LogP contribution in [0.15, 0.2) is 40.9 Å². The van der Waals surface area contributed by atoms with Crippen molar-refractivity contribution in [2.24, 2.45) is 11.3 Å². The molecule has 0 bridgehead atoms. The number of rotatable bonds is 4. The van der Waals surface area contributed by atoms with Crippen molar-refractivity contribution in [3.05, 3.63) is 40.9 Å². The molecule has 29 heavy (non-hydrogen) atoms. The lowest BCUT2D eigenvalue weighted by Gasteiger charge is -2.36. The van der Waals surface area contributed by atoms with Gasteiger partial charge in [-0.2, -0.15) is 10.5 Å². The van der Waals surface area contributed by atoms with Crippen molar-refractivity contribution in [2.45, 2.75) is 13.8 Å². The van der Waals surface area contributed by atoms with E-state index in [1.165, 1.54) is 0 Å². The molecule has 2 amide bonds. The van der Waals surface area contributed by atoms with Crippen molar-refractivity contribution in [1.82, 2.24) is 10.2 Å². The number of nitrogens with zero attached hydrogens (tertiary/aromatic N) is 4. The van der Waals surface area contributed by atoms with Gasteiger partial charge in [0.1, 0.15) is 5.92 Å². The lowest BCUT2D eigenvalue weighted by molar-refractivity contribution is -0.128. The maximum absolute atomic E-state index is 12.7. The van der Waals surface area contributed by atoms with Gasteiger partial charge < -0.3 is 15.1 Å². The summed E-state index contributed by atoms with van der Waals surface area (Å²) in [6.07, 6.45) is 0. The number of benzene rings is 1. The Morgan fingerprint density at radius 3 is 2.45 bits per heavy atom. The zero-order chi connectivity index (χ0) is 21.0. The summed E-state index contributed by atoms with van der Waals surface area (Å²) >= 11 is 1.16. The van der Waals surface area contributed by atoms with Crippen LogP contribution in [-0.2, 0) is 9.59 Å². The van der Waals surface area contributed by atoms with E-state index in [2.05, 4.69) is 28.4 Å². The fraction of sp³-hybridized carbons (Fsp3) is 0.429. The average Bonchev–Trinajstić information content (AvgIpc) is 2.72. The Kier molecular flexibility index (Phi) is 6.14. The van der Waals surface area contributed by atoms with Gasteiger partial charge in [-0.05, 0) is 12.1 Å². The van der Waals surface area contributed by atoms with Crippen LogP contribution < -0.4 is 10.2 Å². The molecular weight excluding hydrogens is 386 g/mol. The van der Waals surface area contributed by atoms with Crippen molar-refractivity contribution in [2.75, 3.05) is 36.8 Å². The smallest absolute Gasteiger partial charge is 0.243 e. The van der Waals surface area contributed by atoms with Crippen LogP contribution in [0.4, 0.5) is 5.69 Å². The highest BCUT2D eigenvalue weighted by molar-refractivity contribution is 8.03. The number of piperazine rings is 1. The van der Waals surface area contributed by atoms with E-state index in [1.807, 2.05) is 29.2 Å². The minimum Gasteiger partial charge on any atom is -0.368 e. The highest BCUT2D eigenvalue weighted by Gasteiger charge is 2.44.